The Hall–Kier alpha value is -1.37. The molecule has 2 rings (SSSR count). The zero-order valence-corrected chi connectivity index (χ0v) is 11.4. The van der Waals surface area contributed by atoms with Crippen molar-refractivity contribution in [3.05, 3.63) is 46.5 Å². The van der Waals surface area contributed by atoms with E-state index in [0.29, 0.717) is 13.0 Å². The minimum atomic E-state index is -0.237. The van der Waals surface area contributed by atoms with Crippen molar-refractivity contribution in [3.63, 3.8) is 0 Å². The van der Waals surface area contributed by atoms with Crippen molar-refractivity contribution in [2.24, 2.45) is 11.5 Å². The van der Waals surface area contributed by atoms with Gasteiger partial charge in [-0.15, -0.1) is 0 Å². The molecule has 1 aromatic carbocycles. The molecule has 0 fully saturated rings. The Morgan fingerprint density at radius 1 is 1.26 bits per heavy atom. The summed E-state index contributed by atoms with van der Waals surface area (Å²) < 4.78 is 17.1. The van der Waals surface area contributed by atoms with Crippen molar-refractivity contribution in [1.82, 2.24) is 9.36 Å². The van der Waals surface area contributed by atoms with Gasteiger partial charge in [0.2, 0.25) is 0 Å². The molecule has 1 atom stereocenters. The number of halogens is 1. The van der Waals surface area contributed by atoms with Crippen LogP contribution in [0.25, 0.3) is 0 Å². The lowest BCUT2D eigenvalue weighted by Crippen LogP contribution is -2.12. The lowest BCUT2D eigenvalue weighted by atomic mass is 10.1. The average Bonchev–Trinajstić information content (AvgIpc) is 2.87. The fourth-order valence-corrected chi connectivity index (χ4v) is 2.44. The zero-order valence-electron chi connectivity index (χ0n) is 10.6. The fourth-order valence-electron chi connectivity index (χ4n) is 1.74. The molecule has 0 bridgehead atoms. The molecule has 0 aliphatic carbocycles. The predicted octanol–water partition coefficient (Wildman–Crippen LogP) is 2.01. The van der Waals surface area contributed by atoms with Gasteiger partial charge in [-0.1, -0.05) is 12.1 Å². The van der Waals surface area contributed by atoms with Crippen LogP contribution in [0.5, 0.6) is 0 Å². The molecule has 1 aromatic heterocycles. The topological polar surface area (TPSA) is 77.8 Å². The van der Waals surface area contributed by atoms with Crippen LogP contribution in [-0.4, -0.2) is 15.9 Å². The number of hydrogen-bond acceptors (Lipinski definition) is 5. The number of rotatable bonds is 6. The van der Waals surface area contributed by atoms with Crippen molar-refractivity contribution >= 4 is 11.5 Å². The molecule has 2 aromatic rings. The maximum absolute atomic E-state index is 12.8. The van der Waals surface area contributed by atoms with E-state index in [9.17, 15) is 4.39 Å². The van der Waals surface area contributed by atoms with Crippen molar-refractivity contribution in [2.45, 2.75) is 25.3 Å². The Bertz CT molecular complexity index is 512. The highest BCUT2D eigenvalue weighted by Crippen LogP contribution is 2.18. The normalized spacial score (nSPS) is 12.6. The lowest BCUT2D eigenvalue weighted by Gasteiger charge is -2.05. The third-order valence-electron chi connectivity index (χ3n) is 2.80. The number of nitrogens with zero attached hydrogens (tertiary/aromatic N) is 2. The smallest absolute Gasteiger partial charge is 0.147 e. The quantitative estimate of drug-likeness (QED) is 0.848. The van der Waals surface area contributed by atoms with E-state index in [-0.39, 0.29) is 11.9 Å². The second-order valence-corrected chi connectivity index (χ2v) is 5.17. The molecule has 102 valence electrons. The third kappa shape index (κ3) is 4.05. The Balaban J connectivity index is 1.98. The molecule has 0 radical (unpaired) electrons. The van der Waals surface area contributed by atoms with Crippen LogP contribution in [0.4, 0.5) is 4.39 Å². The van der Waals surface area contributed by atoms with Gasteiger partial charge in [-0.25, -0.2) is 9.37 Å². The second kappa shape index (κ2) is 6.70. The van der Waals surface area contributed by atoms with Gasteiger partial charge in [0.15, 0.2) is 0 Å². The highest BCUT2D eigenvalue weighted by molar-refractivity contribution is 7.05. The monoisotopic (exact) mass is 280 g/mol. The van der Waals surface area contributed by atoms with E-state index in [1.807, 2.05) is 0 Å². The molecule has 1 heterocycles. The van der Waals surface area contributed by atoms with Crippen LogP contribution in [0, 0.1) is 5.82 Å². The molecule has 19 heavy (non-hydrogen) atoms. The minimum absolute atomic E-state index is 0.0944. The largest absolute Gasteiger partial charge is 0.330 e. The molecule has 4 N–H and O–H groups in total. The van der Waals surface area contributed by atoms with E-state index in [2.05, 4.69) is 9.36 Å². The van der Waals surface area contributed by atoms with Crippen LogP contribution in [0.15, 0.2) is 24.3 Å². The summed E-state index contributed by atoms with van der Waals surface area (Å²) in [6.07, 6.45) is 2.30. The summed E-state index contributed by atoms with van der Waals surface area (Å²) in [5.74, 6) is 0.495. The number of benzene rings is 1. The van der Waals surface area contributed by atoms with Crippen molar-refractivity contribution in [2.75, 3.05) is 6.54 Å². The molecule has 0 aliphatic heterocycles. The molecule has 0 aliphatic rings. The highest BCUT2D eigenvalue weighted by Gasteiger charge is 2.12. The maximum Gasteiger partial charge on any atom is 0.147 e. The minimum Gasteiger partial charge on any atom is -0.330 e. The van der Waals surface area contributed by atoms with E-state index in [4.69, 9.17) is 11.5 Å². The van der Waals surface area contributed by atoms with E-state index >= 15 is 0 Å². The van der Waals surface area contributed by atoms with Gasteiger partial charge >= 0.3 is 0 Å². The Morgan fingerprint density at radius 2 is 2.00 bits per heavy atom. The Labute approximate surface area is 115 Å². The summed E-state index contributed by atoms with van der Waals surface area (Å²) in [4.78, 5) is 4.43. The fraction of sp³-hybridized carbons (Fsp3) is 0.385. The van der Waals surface area contributed by atoms with Crippen molar-refractivity contribution in [1.29, 1.82) is 0 Å². The third-order valence-corrected chi connectivity index (χ3v) is 3.68. The van der Waals surface area contributed by atoms with E-state index in [0.717, 1.165) is 29.2 Å². The highest BCUT2D eigenvalue weighted by atomic mass is 32.1. The maximum atomic E-state index is 12.8. The first-order valence-corrected chi connectivity index (χ1v) is 6.99. The van der Waals surface area contributed by atoms with Crippen LogP contribution in [-0.2, 0) is 6.42 Å². The van der Waals surface area contributed by atoms with Crippen LogP contribution >= 0.6 is 11.5 Å². The van der Waals surface area contributed by atoms with E-state index in [1.165, 1.54) is 23.7 Å². The molecule has 0 spiro atoms. The molecule has 0 amide bonds. The summed E-state index contributed by atoms with van der Waals surface area (Å²) in [5, 5.41) is 0.838. The summed E-state index contributed by atoms with van der Waals surface area (Å²) in [6.45, 7) is 0.634. The SMILES string of the molecule is NCCCC(N)c1nc(Cc2ccc(F)cc2)ns1. The molecule has 6 heteroatoms. The van der Waals surface area contributed by atoms with Gasteiger partial charge in [-0.2, -0.15) is 4.37 Å². The molecular formula is C13H17FN4S. The van der Waals surface area contributed by atoms with Crippen molar-refractivity contribution < 1.29 is 4.39 Å². The molecule has 0 saturated heterocycles. The van der Waals surface area contributed by atoms with Gasteiger partial charge in [0, 0.05) is 6.42 Å². The first-order chi connectivity index (χ1) is 9.19. The van der Waals surface area contributed by atoms with Gasteiger partial charge in [-0.05, 0) is 48.6 Å². The van der Waals surface area contributed by atoms with Gasteiger partial charge < -0.3 is 11.5 Å². The summed E-state index contributed by atoms with van der Waals surface area (Å²) in [5.41, 5.74) is 12.5. The van der Waals surface area contributed by atoms with E-state index in [1.54, 1.807) is 12.1 Å². The molecular weight excluding hydrogens is 263 g/mol. The predicted molar refractivity (Wildman–Crippen MR) is 74.3 cm³/mol. The molecule has 4 nitrogen and oxygen atoms in total. The van der Waals surface area contributed by atoms with Crippen molar-refractivity contribution in [3.8, 4) is 0 Å². The standard InChI is InChI=1S/C13H17FN4S/c14-10-5-3-9(4-6-10)8-12-17-13(19-18-12)11(16)2-1-7-15/h3-6,11H,1-2,7-8,15-16H2. The van der Waals surface area contributed by atoms with Crippen LogP contribution in [0.2, 0.25) is 0 Å². The zero-order chi connectivity index (χ0) is 13.7. The first-order valence-electron chi connectivity index (χ1n) is 6.21. The summed E-state index contributed by atoms with van der Waals surface area (Å²) >= 11 is 1.33. The summed E-state index contributed by atoms with van der Waals surface area (Å²) in [7, 11) is 0. The lowest BCUT2D eigenvalue weighted by molar-refractivity contribution is 0.613. The Morgan fingerprint density at radius 3 is 2.68 bits per heavy atom. The van der Waals surface area contributed by atoms with Gasteiger partial charge in [-0.3, -0.25) is 0 Å². The number of hydrogen-bond donors (Lipinski definition) is 2. The van der Waals surface area contributed by atoms with Gasteiger partial charge in [0.1, 0.15) is 16.6 Å². The number of aromatic nitrogens is 2. The van der Waals surface area contributed by atoms with Crippen LogP contribution < -0.4 is 11.5 Å². The van der Waals surface area contributed by atoms with Crippen LogP contribution in [0.1, 0.15) is 35.3 Å². The second-order valence-electron chi connectivity index (χ2n) is 4.39. The van der Waals surface area contributed by atoms with Crippen LogP contribution in [0.3, 0.4) is 0 Å². The van der Waals surface area contributed by atoms with Gasteiger partial charge in [0.05, 0.1) is 6.04 Å². The summed E-state index contributed by atoms with van der Waals surface area (Å²) in [6, 6.07) is 6.27. The molecule has 1 unspecified atom stereocenters. The Kier molecular flexibility index (Phi) is 4.95. The first kappa shape index (κ1) is 14.0. The van der Waals surface area contributed by atoms with E-state index < -0.39 is 0 Å². The average molecular weight is 280 g/mol. The van der Waals surface area contributed by atoms with Gasteiger partial charge in [0.25, 0.3) is 0 Å². The number of nitrogens with two attached hydrogens (primary N) is 2. The molecule has 0 saturated carbocycles.